The van der Waals surface area contributed by atoms with Crippen LogP contribution in [0.3, 0.4) is 0 Å². The summed E-state index contributed by atoms with van der Waals surface area (Å²) in [5, 5.41) is 5.56. The lowest BCUT2D eigenvalue weighted by atomic mass is 10.1. The number of carbonyl (C=O) groups excluding carboxylic acids is 2. The number of rotatable bonds is 6. The van der Waals surface area contributed by atoms with Gasteiger partial charge >= 0.3 is 0 Å². The third kappa shape index (κ3) is 4.20. The van der Waals surface area contributed by atoms with E-state index < -0.39 is 5.82 Å². The van der Waals surface area contributed by atoms with Crippen molar-refractivity contribution in [2.24, 2.45) is 11.8 Å². The molecule has 0 radical (unpaired) electrons. The lowest BCUT2D eigenvalue weighted by molar-refractivity contribution is -0.117. The Morgan fingerprint density at radius 2 is 1.96 bits per heavy atom. The highest BCUT2D eigenvalue weighted by Crippen LogP contribution is 2.38. The van der Waals surface area contributed by atoms with E-state index in [-0.39, 0.29) is 23.5 Å². The number of amides is 2. The molecule has 2 atom stereocenters. The molecule has 0 bridgehead atoms. The van der Waals surface area contributed by atoms with E-state index in [0.717, 1.165) is 6.42 Å². The monoisotopic (exact) mass is 356 g/mol. The van der Waals surface area contributed by atoms with Gasteiger partial charge in [-0.2, -0.15) is 0 Å². The zero-order valence-electron chi connectivity index (χ0n) is 14.7. The molecule has 3 rings (SSSR count). The fourth-order valence-corrected chi connectivity index (χ4v) is 2.73. The first-order valence-corrected chi connectivity index (χ1v) is 8.62. The van der Waals surface area contributed by atoms with Crippen LogP contribution in [0.15, 0.2) is 42.5 Å². The van der Waals surface area contributed by atoms with E-state index in [0.29, 0.717) is 29.5 Å². The summed E-state index contributed by atoms with van der Waals surface area (Å²) < 4.78 is 18.7. The maximum atomic E-state index is 13.4. The molecule has 2 aromatic rings. The molecular weight excluding hydrogens is 335 g/mol. The largest absolute Gasteiger partial charge is 0.492 e. The van der Waals surface area contributed by atoms with Gasteiger partial charge in [-0.1, -0.05) is 13.0 Å². The van der Waals surface area contributed by atoms with E-state index in [1.165, 1.54) is 18.2 Å². The lowest BCUT2D eigenvalue weighted by Gasteiger charge is -2.12. The van der Waals surface area contributed by atoms with Gasteiger partial charge in [0.2, 0.25) is 5.91 Å². The van der Waals surface area contributed by atoms with Gasteiger partial charge in [0.25, 0.3) is 5.91 Å². The van der Waals surface area contributed by atoms with E-state index in [1.54, 1.807) is 31.2 Å². The molecule has 1 aliphatic rings. The molecule has 136 valence electrons. The highest BCUT2D eigenvalue weighted by molar-refractivity contribution is 6.06. The van der Waals surface area contributed by atoms with E-state index in [9.17, 15) is 14.0 Å². The molecule has 0 spiro atoms. The third-order valence-electron chi connectivity index (χ3n) is 4.33. The zero-order chi connectivity index (χ0) is 18.7. The van der Waals surface area contributed by atoms with Crippen molar-refractivity contribution in [2.45, 2.75) is 20.3 Å². The van der Waals surface area contributed by atoms with Crippen LogP contribution in [-0.4, -0.2) is 18.4 Å². The second-order valence-corrected chi connectivity index (χ2v) is 6.42. The highest BCUT2D eigenvalue weighted by Gasteiger charge is 2.39. The molecule has 2 aromatic carbocycles. The van der Waals surface area contributed by atoms with E-state index in [1.807, 2.05) is 6.92 Å². The van der Waals surface area contributed by atoms with Crippen LogP contribution in [0, 0.1) is 17.7 Å². The van der Waals surface area contributed by atoms with Crippen LogP contribution in [0.2, 0.25) is 0 Å². The molecule has 2 N–H and O–H groups in total. The number of ether oxygens (including phenoxy) is 1. The van der Waals surface area contributed by atoms with Crippen LogP contribution in [0.5, 0.6) is 5.75 Å². The molecule has 0 heterocycles. The van der Waals surface area contributed by atoms with Crippen LogP contribution in [0.4, 0.5) is 15.8 Å². The SMILES string of the molecule is CCOc1cc(F)ccc1NC(=O)c1cccc(NC(=O)C2CC2C)c1. The van der Waals surface area contributed by atoms with Crippen molar-refractivity contribution in [1.82, 2.24) is 0 Å². The normalized spacial score (nSPS) is 18.1. The second-order valence-electron chi connectivity index (χ2n) is 6.42. The highest BCUT2D eigenvalue weighted by atomic mass is 19.1. The molecule has 1 saturated carbocycles. The summed E-state index contributed by atoms with van der Waals surface area (Å²) in [6.07, 6.45) is 0.900. The molecule has 6 heteroatoms. The third-order valence-corrected chi connectivity index (χ3v) is 4.33. The Morgan fingerprint density at radius 3 is 2.65 bits per heavy atom. The van der Waals surface area contributed by atoms with Gasteiger partial charge in [0, 0.05) is 23.2 Å². The summed E-state index contributed by atoms with van der Waals surface area (Å²) in [5.74, 6) is -0.0865. The number of hydrogen-bond acceptors (Lipinski definition) is 3. The molecule has 2 unspecified atom stereocenters. The average molecular weight is 356 g/mol. The first kappa shape index (κ1) is 17.9. The standard InChI is InChI=1S/C20H21FN2O3/c1-3-26-18-11-14(21)7-8-17(18)23-19(24)13-5-4-6-15(10-13)22-20(25)16-9-12(16)2/h4-8,10-12,16H,3,9H2,1-2H3,(H,22,25)(H,23,24). The first-order valence-electron chi connectivity index (χ1n) is 8.62. The van der Waals surface area contributed by atoms with Crippen molar-refractivity contribution in [3.05, 3.63) is 53.8 Å². The molecule has 1 fully saturated rings. The minimum atomic E-state index is -0.439. The van der Waals surface area contributed by atoms with Crippen LogP contribution in [0.1, 0.15) is 30.6 Å². The Morgan fingerprint density at radius 1 is 1.19 bits per heavy atom. The van der Waals surface area contributed by atoms with Gasteiger partial charge in [-0.05, 0) is 49.6 Å². The molecule has 0 saturated heterocycles. The Kier molecular flexibility index (Phi) is 5.21. The maximum absolute atomic E-state index is 13.4. The van der Waals surface area contributed by atoms with Crippen molar-refractivity contribution < 1.29 is 18.7 Å². The molecule has 26 heavy (non-hydrogen) atoms. The van der Waals surface area contributed by atoms with E-state index >= 15 is 0 Å². The number of halogens is 1. The topological polar surface area (TPSA) is 67.4 Å². The Balaban J connectivity index is 1.72. The molecule has 5 nitrogen and oxygen atoms in total. The van der Waals surface area contributed by atoms with Crippen LogP contribution >= 0.6 is 0 Å². The number of carbonyl (C=O) groups is 2. The van der Waals surface area contributed by atoms with Gasteiger partial charge in [0.1, 0.15) is 11.6 Å². The predicted octanol–water partition coefficient (Wildman–Crippen LogP) is 4.07. The molecule has 0 aliphatic heterocycles. The van der Waals surface area contributed by atoms with Gasteiger partial charge in [-0.3, -0.25) is 9.59 Å². The van der Waals surface area contributed by atoms with Crippen molar-refractivity contribution in [1.29, 1.82) is 0 Å². The summed E-state index contributed by atoms with van der Waals surface area (Å²) >= 11 is 0. The van der Waals surface area contributed by atoms with Gasteiger partial charge < -0.3 is 15.4 Å². The van der Waals surface area contributed by atoms with Crippen molar-refractivity contribution in [2.75, 3.05) is 17.2 Å². The summed E-state index contributed by atoms with van der Waals surface area (Å²) in [6.45, 7) is 4.17. The summed E-state index contributed by atoms with van der Waals surface area (Å²) in [6, 6.07) is 10.6. The molecular formula is C20H21FN2O3. The summed E-state index contributed by atoms with van der Waals surface area (Å²) in [5.41, 5.74) is 1.35. The number of anilines is 2. The van der Waals surface area contributed by atoms with Gasteiger partial charge in [-0.15, -0.1) is 0 Å². The van der Waals surface area contributed by atoms with Crippen LogP contribution in [-0.2, 0) is 4.79 Å². The first-order chi connectivity index (χ1) is 12.5. The Bertz CT molecular complexity index is 838. The van der Waals surface area contributed by atoms with E-state index in [2.05, 4.69) is 10.6 Å². The van der Waals surface area contributed by atoms with Crippen LogP contribution in [0.25, 0.3) is 0 Å². The quantitative estimate of drug-likeness (QED) is 0.820. The van der Waals surface area contributed by atoms with Crippen molar-refractivity contribution in [3.8, 4) is 5.75 Å². The van der Waals surface area contributed by atoms with Crippen molar-refractivity contribution >= 4 is 23.2 Å². The van der Waals surface area contributed by atoms with E-state index in [4.69, 9.17) is 4.74 Å². The molecule has 0 aromatic heterocycles. The van der Waals surface area contributed by atoms with Crippen molar-refractivity contribution in [3.63, 3.8) is 0 Å². The van der Waals surface area contributed by atoms with Gasteiger partial charge in [-0.25, -0.2) is 4.39 Å². The smallest absolute Gasteiger partial charge is 0.255 e. The van der Waals surface area contributed by atoms with Gasteiger partial charge in [0.05, 0.1) is 12.3 Å². The maximum Gasteiger partial charge on any atom is 0.255 e. The number of nitrogens with one attached hydrogen (secondary N) is 2. The Labute approximate surface area is 151 Å². The minimum absolute atomic E-state index is 0.0211. The average Bonchev–Trinajstić information content (AvgIpc) is 3.35. The predicted molar refractivity (Wildman–Crippen MR) is 97.9 cm³/mol. The number of benzene rings is 2. The lowest BCUT2D eigenvalue weighted by Crippen LogP contribution is -2.16. The summed E-state index contributed by atoms with van der Waals surface area (Å²) in [4.78, 5) is 24.6. The summed E-state index contributed by atoms with van der Waals surface area (Å²) in [7, 11) is 0. The minimum Gasteiger partial charge on any atom is -0.492 e. The van der Waals surface area contributed by atoms with Gasteiger partial charge in [0.15, 0.2) is 0 Å². The number of hydrogen-bond donors (Lipinski definition) is 2. The molecule has 2 amide bonds. The zero-order valence-corrected chi connectivity index (χ0v) is 14.7. The second kappa shape index (κ2) is 7.56. The fraction of sp³-hybridized carbons (Fsp3) is 0.300. The molecule has 1 aliphatic carbocycles. The van der Waals surface area contributed by atoms with Crippen LogP contribution < -0.4 is 15.4 Å². The fourth-order valence-electron chi connectivity index (χ4n) is 2.73. The Hall–Kier alpha value is -2.89.